The Kier molecular flexibility index (Phi) is 7.73. The number of aromatic nitrogens is 1. The summed E-state index contributed by atoms with van der Waals surface area (Å²) in [7, 11) is 0. The van der Waals surface area contributed by atoms with Crippen molar-refractivity contribution in [2.75, 3.05) is 4.90 Å². The van der Waals surface area contributed by atoms with Crippen molar-refractivity contribution in [3.05, 3.63) is 194 Å². The van der Waals surface area contributed by atoms with E-state index in [0.29, 0.717) is 0 Å². The summed E-state index contributed by atoms with van der Waals surface area (Å²) >= 11 is 1.80. The van der Waals surface area contributed by atoms with E-state index in [4.69, 9.17) is 0 Å². The van der Waals surface area contributed by atoms with Gasteiger partial charge < -0.3 is 4.90 Å². The van der Waals surface area contributed by atoms with Crippen LogP contribution >= 0.6 is 11.3 Å². The second kappa shape index (κ2) is 13.0. The molecule has 0 aliphatic carbocycles. The van der Waals surface area contributed by atoms with E-state index in [9.17, 15) is 0 Å². The molecule has 0 unspecified atom stereocenters. The highest BCUT2D eigenvalue weighted by Gasteiger charge is 2.14. The highest BCUT2D eigenvalue weighted by atomic mass is 32.1. The molecule has 0 amide bonds. The fraction of sp³-hybridized carbons (Fsp3) is 0. The molecule has 0 spiro atoms. The average Bonchev–Trinajstić information content (AvgIpc) is 3.58. The molecule has 3 heteroatoms. The molecule has 0 aliphatic rings. The maximum absolute atomic E-state index is 4.32. The zero-order valence-electron chi connectivity index (χ0n) is 27.3. The van der Waals surface area contributed by atoms with Gasteiger partial charge in [0.15, 0.2) is 0 Å². The van der Waals surface area contributed by atoms with E-state index < -0.39 is 0 Å². The van der Waals surface area contributed by atoms with Gasteiger partial charge in [-0.25, -0.2) is 0 Å². The molecule has 236 valence electrons. The van der Waals surface area contributed by atoms with Gasteiger partial charge in [0.05, 0.1) is 4.70 Å². The molecule has 2 heterocycles. The predicted molar refractivity (Wildman–Crippen MR) is 214 cm³/mol. The second-order valence-corrected chi connectivity index (χ2v) is 13.6. The standard InChI is InChI=1S/C47H32N2S/c1-3-8-33(9-4-1)35-14-21-41(22-15-35)49(42-23-16-36(17-24-42)34-10-5-2-6-11-34)43-25-18-37(19-26-43)38-12-7-13-39(30-38)40-20-27-44-45-28-29-48-32-47(45)50-46(44)31-40/h1-32H. The van der Waals surface area contributed by atoms with Crippen molar-refractivity contribution in [1.82, 2.24) is 4.98 Å². The fourth-order valence-electron chi connectivity index (χ4n) is 6.81. The van der Waals surface area contributed by atoms with Crippen LogP contribution in [0.3, 0.4) is 0 Å². The third-order valence-electron chi connectivity index (χ3n) is 9.40. The smallest absolute Gasteiger partial charge is 0.0538 e. The third-order valence-corrected chi connectivity index (χ3v) is 10.5. The molecule has 0 saturated heterocycles. The minimum atomic E-state index is 1.11. The van der Waals surface area contributed by atoms with E-state index in [1.54, 1.807) is 11.3 Å². The van der Waals surface area contributed by atoms with Crippen molar-refractivity contribution in [1.29, 1.82) is 0 Å². The van der Waals surface area contributed by atoms with Crippen molar-refractivity contribution < 1.29 is 0 Å². The van der Waals surface area contributed by atoms with Gasteiger partial charge >= 0.3 is 0 Å². The molecule has 9 aromatic rings. The highest BCUT2D eigenvalue weighted by molar-refractivity contribution is 7.25. The minimum absolute atomic E-state index is 1.11. The third kappa shape index (κ3) is 5.74. The first kappa shape index (κ1) is 29.8. The van der Waals surface area contributed by atoms with Gasteiger partial charge in [0.2, 0.25) is 0 Å². The molecule has 0 atom stereocenters. The number of hydrogen-bond acceptors (Lipinski definition) is 3. The van der Waals surface area contributed by atoms with Gasteiger partial charge in [-0.1, -0.05) is 127 Å². The molecule has 9 rings (SSSR count). The summed E-state index contributed by atoms with van der Waals surface area (Å²) in [6.45, 7) is 0. The molecule has 0 radical (unpaired) electrons. The molecule has 0 fully saturated rings. The van der Waals surface area contributed by atoms with Gasteiger partial charge in [-0.3, -0.25) is 4.98 Å². The van der Waals surface area contributed by atoms with E-state index in [-0.39, 0.29) is 0 Å². The van der Waals surface area contributed by atoms with Gasteiger partial charge in [0, 0.05) is 44.9 Å². The molecule has 0 aliphatic heterocycles. The van der Waals surface area contributed by atoms with Crippen molar-refractivity contribution in [3.8, 4) is 44.5 Å². The average molecular weight is 657 g/mol. The summed E-state index contributed by atoms with van der Waals surface area (Å²) in [6.07, 6.45) is 3.84. The Morgan fingerprint density at radius 3 is 1.32 bits per heavy atom. The molecule has 2 aromatic heterocycles. The van der Waals surface area contributed by atoms with Crippen LogP contribution in [-0.4, -0.2) is 4.98 Å². The van der Waals surface area contributed by atoms with Crippen LogP contribution < -0.4 is 4.90 Å². The molecular formula is C47H32N2S. The maximum atomic E-state index is 4.32. The SMILES string of the molecule is c1ccc(-c2ccc(N(c3ccc(-c4ccccc4)cc3)c3ccc(-c4cccc(-c5ccc6c(c5)sc5cnccc56)c4)cc3)cc2)cc1. The first-order valence-corrected chi connectivity index (χ1v) is 17.7. The Hall–Kier alpha value is -6.29. The topological polar surface area (TPSA) is 16.1 Å². The predicted octanol–water partition coefficient (Wildman–Crippen LogP) is 13.6. The zero-order valence-corrected chi connectivity index (χ0v) is 28.1. The van der Waals surface area contributed by atoms with E-state index in [1.807, 2.05) is 12.4 Å². The zero-order chi connectivity index (χ0) is 33.3. The summed E-state index contributed by atoms with van der Waals surface area (Å²) in [5.74, 6) is 0. The van der Waals surface area contributed by atoms with Crippen LogP contribution in [0.2, 0.25) is 0 Å². The van der Waals surface area contributed by atoms with Gasteiger partial charge in [0.1, 0.15) is 0 Å². The van der Waals surface area contributed by atoms with E-state index >= 15 is 0 Å². The summed E-state index contributed by atoms with van der Waals surface area (Å²) in [6, 6.07) is 65.5. The molecule has 0 N–H and O–H groups in total. The number of thiophene rings is 1. The number of fused-ring (bicyclic) bond motifs is 3. The normalized spacial score (nSPS) is 11.2. The fourth-order valence-corrected chi connectivity index (χ4v) is 7.92. The van der Waals surface area contributed by atoms with Crippen LogP contribution in [0.15, 0.2) is 194 Å². The Morgan fingerprint density at radius 2 is 0.760 bits per heavy atom. The van der Waals surface area contributed by atoms with Gasteiger partial charge in [-0.15, -0.1) is 11.3 Å². The lowest BCUT2D eigenvalue weighted by molar-refractivity contribution is 1.28. The minimum Gasteiger partial charge on any atom is -0.311 e. The second-order valence-electron chi connectivity index (χ2n) is 12.5. The number of nitrogens with zero attached hydrogens (tertiary/aromatic N) is 2. The van der Waals surface area contributed by atoms with Crippen LogP contribution in [0.4, 0.5) is 17.1 Å². The largest absolute Gasteiger partial charge is 0.311 e. The lowest BCUT2D eigenvalue weighted by atomic mass is 9.98. The maximum Gasteiger partial charge on any atom is 0.0538 e. The first-order valence-electron chi connectivity index (χ1n) is 16.9. The number of anilines is 3. The lowest BCUT2D eigenvalue weighted by Crippen LogP contribution is -2.09. The van der Waals surface area contributed by atoms with Crippen LogP contribution in [-0.2, 0) is 0 Å². The van der Waals surface area contributed by atoms with E-state index in [2.05, 4.69) is 192 Å². The van der Waals surface area contributed by atoms with Gasteiger partial charge in [0.25, 0.3) is 0 Å². The Balaban J connectivity index is 1.05. The lowest BCUT2D eigenvalue weighted by Gasteiger charge is -2.26. The Bertz CT molecular complexity index is 2470. The summed E-state index contributed by atoms with van der Waals surface area (Å²) in [4.78, 5) is 6.66. The molecule has 7 aromatic carbocycles. The van der Waals surface area contributed by atoms with Gasteiger partial charge in [-0.05, 0) is 99.1 Å². The molecule has 0 bridgehead atoms. The summed E-state index contributed by atoms with van der Waals surface area (Å²) < 4.78 is 2.51. The van der Waals surface area contributed by atoms with Crippen LogP contribution in [0, 0.1) is 0 Å². The molecular weight excluding hydrogens is 625 g/mol. The summed E-state index contributed by atoms with van der Waals surface area (Å²) in [5, 5.41) is 2.56. The molecule has 2 nitrogen and oxygen atoms in total. The van der Waals surface area contributed by atoms with Crippen molar-refractivity contribution in [3.63, 3.8) is 0 Å². The summed E-state index contributed by atoms with van der Waals surface area (Å²) in [5.41, 5.74) is 13.0. The number of hydrogen-bond donors (Lipinski definition) is 0. The number of pyridine rings is 1. The number of benzene rings is 7. The van der Waals surface area contributed by atoms with E-state index in [1.165, 1.54) is 64.7 Å². The van der Waals surface area contributed by atoms with E-state index in [0.717, 1.165) is 17.1 Å². The van der Waals surface area contributed by atoms with Crippen molar-refractivity contribution >= 4 is 48.6 Å². The van der Waals surface area contributed by atoms with Crippen molar-refractivity contribution in [2.45, 2.75) is 0 Å². The van der Waals surface area contributed by atoms with Crippen LogP contribution in [0.25, 0.3) is 64.7 Å². The quantitative estimate of drug-likeness (QED) is 0.170. The van der Waals surface area contributed by atoms with Crippen molar-refractivity contribution in [2.24, 2.45) is 0 Å². The Labute approximate surface area is 296 Å². The van der Waals surface area contributed by atoms with Crippen LogP contribution in [0.5, 0.6) is 0 Å². The number of rotatable bonds is 7. The highest BCUT2D eigenvalue weighted by Crippen LogP contribution is 2.39. The van der Waals surface area contributed by atoms with Gasteiger partial charge in [-0.2, -0.15) is 0 Å². The van der Waals surface area contributed by atoms with Crippen LogP contribution in [0.1, 0.15) is 0 Å². The first-order chi connectivity index (χ1) is 24.8. The molecule has 0 saturated carbocycles. The monoisotopic (exact) mass is 656 g/mol. The Morgan fingerprint density at radius 1 is 0.340 bits per heavy atom. The molecule has 50 heavy (non-hydrogen) atoms.